The molecule has 1 amide bonds. The topological polar surface area (TPSA) is 29.1 Å². The Morgan fingerprint density at radius 3 is 2.04 bits per heavy atom. The molecule has 1 saturated carbocycles. The number of rotatable bonds is 4. The Balaban J connectivity index is 0.00000243. The fourth-order valence-corrected chi connectivity index (χ4v) is 10.8. The molecule has 0 bridgehead atoms. The SMILES string of the molecule is CC[P+]1(C2(C(=O)Nc3c(C)cc(F)cc3C)CCC2)CCCCCC1.[Y]. The van der Waals surface area contributed by atoms with Crippen LogP contribution in [-0.2, 0) is 37.5 Å². The second kappa shape index (κ2) is 9.10. The predicted octanol–water partition coefficient (Wildman–Crippen LogP) is 5.91. The largest absolute Gasteiger partial charge is 0.322 e. The third kappa shape index (κ3) is 3.96. The van der Waals surface area contributed by atoms with Crippen molar-refractivity contribution < 1.29 is 41.9 Å². The minimum atomic E-state index is -1.27. The number of halogens is 1. The van der Waals surface area contributed by atoms with Gasteiger partial charge in [0.25, 0.3) is 5.91 Å². The zero-order valence-electron chi connectivity index (χ0n) is 16.5. The van der Waals surface area contributed by atoms with Crippen LogP contribution in [0.3, 0.4) is 0 Å². The molecule has 0 unspecified atom stereocenters. The van der Waals surface area contributed by atoms with Gasteiger partial charge in [0.1, 0.15) is 5.82 Å². The number of benzene rings is 1. The number of nitrogens with one attached hydrogen (secondary N) is 1. The summed E-state index contributed by atoms with van der Waals surface area (Å²) in [5, 5.41) is 3.14. The summed E-state index contributed by atoms with van der Waals surface area (Å²) < 4.78 is 13.6. The third-order valence-electron chi connectivity index (χ3n) is 6.77. The fraction of sp³-hybridized carbons (Fsp3) is 0.667. The van der Waals surface area contributed by atoms with Crippen LogP contribution in [0, 0.1) is 19.7 Å². The number of carbonyl (C=O) groups is 1. The molecule has 1 radical (unpaired) electrons. The smallest absolute Gasteiger partial charge is 0.268 e. The monoisotopic (exact) mass is 453 g/mol. The van der Waals surface area contributed by atoms with Gasteiger partial charge in [-0.05, 0) is 89.0 Å². The van der Waals surface area contributed by atoms with Crippen LogP contribution in [0.1, 0.15) is 63.0 Å². The predicted molar refractivity (Wildman–Crippen MR) is 107 cm³/mol. The Hall–Kier alpha value is 0.154. The number of carbonyl (C=O) groups excluding carboxylic acids is 1. The molecule has 0 atom stereocenters. The van der Waals surface area contributed by atoms with Gasteiger partial charge in [-0.25, -0.2) is 4.39 Å². The van der Waals surface area contributed by atoms with Crippen molar-refractivity contribution in [1.82, 2.24) is 0 Å². The normalized spacial score (nSPS) is 21.1. The van der Waals surface area contributed by atoms with E-state index in [1.807, 2.05) is 13.8 Å². The van der Waals surface area contributed by atoms with Crippen molar-refractivity contribution in [3.05, 3.63) is 29.1 Å². The number of aryl methyl sites for hydroxylation is 2. The first kappa shape index (κ1) is 22.4. The molecule has 1 saturated heterocycles. The van der Waals surface area contributed by atoms with Gasteiger partial charge in [0, 0.05) is 45.7 Å². The summed E-state index contributed by atoms with van der Waals surface area (Å²) in [4.78, 5) is 13.5. The van der Waals surface area contributed by atoms with Crippen molar-refractivity contribution >= 4 is 18.9 Å². The van der Waals surface area contributed by atoms with E-state index in [1.165, 1.54) is 62.7 Å². The molecule has 3 rings (SSSR count). The summed E-state index contributed by atoms with van der Waals surface area (Å²) in [6.45, 7) is 6.09. The Bertz CT molecular complexity index is 628. The molecule has 1 aliphatic heterocycles. The molecule has 1 aromatic rings. The van der Waals surface area contributed by atoms with Crippen LogP contribution in [0.2, 0.25) is 0 Å². The molecule has 141 valence electrons. The van der Waals surface area contributed by atoms with Crippen LogP contribution in [0.4, 0.5) is 10.1 Å². The Labute approximate surface area is 183 Å². The van der Waals surface area contributed by atoms with Crippen LogP contribution in [0.25, 0.3) is 0 Å². The fourth-order valence-electron chi connectivity index (χ4n) is 5.11. The summed E-state index contributed by atoms with van der Waals surface area (Å²) in [7, 11) is -1.27. The van der Waals surface area contributed by atoms with E-state index in [9.17, 15) is 9.18 Å². The summed E-state index contributed by atoms with van der Waals surface area (Å²) in [5.74, 6) is 0.00120. The molecule has 0 aromatic heterocycles. The van der Waals surface area contributed by atoms with Crippen LogP contribution in [-0.4, -0.2) is 29.5 Å². The molecule has 2 aliphatic rings. The van der Waals surface area contributed by atoms with Crippen molar-refractivity contribution in [2.75, 3.05) is 23.8 Å². The van der Waals surface area contributed by atoms with Gasteiger partial charge in [0.2, 0.25) is 0 Å². The average molecular weight is 453 g/mol. The van der Waals surface area contributed by atoms with Crippen molar-refractivity contribution in [3.63, 3.8) is 0 Å². The quantitative estimate of drug-likeness (QED) is 0.564. The maximum Gasteiger partial charge on any atom is 0.268 e. The average Bonchev–Trinajstić information content (AvgIpc) is 2.76. The van der Waals surface area contributed by atoms with Gasteiger partial charge in [0.05, 0.1) is 18.5 Å². The minimum Gasteiger partial charge on any atom is -0.322 e. The van der Waals surface area contributed by atoms with E-state index < -0.39 is 7.26 Å². The molecule has 26 heavy (non-hydrogen) atoms. The van der Waals surface area contributed by atoms with Gasteiger partial charge in [-0.1, -0.05) is 0 Å². The Morgan fingerprint density at radius 1 is 1.08 bits per heavy atom. The third-order valence-corrected chi connectivity index (χ3v) is 12.8. The zero-order valence-corrected chi connectivity index (χ0v) is 20.3. The molecule has 2 fully saturated rings. The van der Waals surface area contributed by atoms with Crippen molar-refractivity contribution in [1.29, 1.82) is 0 Å². The van der Waals surface area contributed by atoms with Gasteiger partial charge in [-0.15, -0.1) is 0 Å². The maximum atomic E-state index is 13.6. The van der Waals surface area contributed by atoms with E-state index in [4.69, 9.17) is 0 Å². The summed E-state index contributed by atoms with van der Waals surface area (Å²) in [6.07, 6.45) is 12.3. The maximum absolute atomic E-state index is 13.6. The van der Waals surface area contributed by atoms with E-state index in [2.05, 4.69) is 12.2 Å². The van der Waals surface area contributed by atoms with Crippen LogP contribution >= 0.6 is 7.26 Å². The molecule has 5 heteroatoms. The van der Waals surface area contributed by atoms with E-state index in [1.54, 1.807) is 0 Å². The van der Waals surface area contributed by atoms with E-state index in [0.717, 1.165) is 29.7 Å². The van der Waals surface area contributed by atoms with Crippen molar-refractivity contribution in [2.45, 2.75) is 70.9 Å². The number of anilines is 1. The van der Waals surface area contributed by atoms with Crippen molar-refractivity contribution in [3.8, 4) is 0 Å². The summed E-state index contributed by atoms with van der Waals surface area (Å²) in [5.41, 5.74) is 2.47. The van der Waals surface area contributed by atoms with E-state index in [0.29, 0.717) is 0 Å². The molecule has 0 spiro atoms. The molecule has 1 aliphatic carbocycles. The molecule has 1 heterocycles. The Morgan fingerprint density at radius 2 is 1.62 bits per heavy atom. The van der Waals surface area contributed by atoms with Crippen molar-refractivity contribution in [2.24, 2.45) is 0 Å². The first-order valence-corrected chi connectivity index (χ1v) is 12.2. The van der Waals surface area contributed by atoms with Crippen LogP contribution in [0.15, 0.2) is 12.1 Å². The van der Waals surface area contributed by atoms with Crippen LogP contribution < -0.4 is 5.32 Å². The summed E-state index contributed by atoms with van der Waals surface area (Å²) >= 11 is 0. The van der Waals surface area contributed by atoms with Gasteiger partial charge in [0.15, 0.2) is 5.16 Å². The van der Waals surface area contributed by atoms with Crippen LogP contribution in [0.5, 0.6) is 0 Å². The summed E-state index contributed by atoms with van der Waals surface area (Å²) in [6, 6.07) is 3.04. The Kier molecular flexibility index (Phi) is 7.86. The van der Waals surface area contributed by atoms with Gasteiger partial charge in [-0.2, -0.15) is 0 Å². The molecule has 1 aromatic carbocycles. The van der Waals surface area contributed by atoms with Gasteiger partial charge < -0.3 is 5.32 Å². The second-order valence-electron chi connectivity index (χ2n) is 8.08. The van der Waals surface area contributed by atoms with Gasteiger partial charge in [-0.3, -0.25) is 4.79 Å². The van der Waals surface area contributed by atoms with E-state index >= 15 is 0 Å². The molecular weight excluding hydrogens is 421 g/mol. The van der Waals surface area contributed by atoms with E-state index in [-0.39, 0.29) is 49.6 Å². The first-order valence-electron chi connectivity index (χ1n) is 9.88. The number of amides is 1. The molecule has 1 N–H and O–H groups in total. The first-order chi connectivity index (χ1) is 11.9. The second-order valence-corrected chi connectivity index (χ2v) is 12.7. The number of hydrogen-bond acceptors (Lipinski definition) is 1. The minimum absolute atomic E-state index is 0. The van der Waals surface area contributed by atoms with Gasteiger partial charge >= 0.3 is 0 Å². The standard InChI is InChI=1S/C21H31FNOP.Y/c1-4-25(12-7-5-6-8-13-25)21(10-9-11-21)20(24)23-19-16(2)14-18(22)15-17(19)3;/h14-15H,4-13H2,1-3H3;/p+1. The molecule has 2 nitrogen and oxygen atoms in total. The number of hydrogen-bond donors (Lipinski definition) is 1. The molecular formula is C21H32FNOPY+. The zero-order chi connectivity index (χ0) is 18.1.